The van der Waals surface area contributed by atoms with Crippen LogP contribution in [0, 0.1) is 5.92 Å². The highest BCUT2D eigenvalue weighted by atomic mass is 32.2. The van der Waals surface area contributed by atoms with Gasteiger partial charge in [0.1, 0.15) is 0 Å². The minimum absolute atomic E-state index is 0.108. The summed E-state index contributed by atoms with van der Waals surface area (Å²) in [6, 6.07) is -0.108. The molecule has 0 saturated carbocycles. The number of likely N-dealkylation sites (tertiary alicyclic amines) is 1. The van der Waals surface area contributed by atoms with Crippen molar-refractivity contribution in [2.45, 2.75) is 44.8 Å². The summed E-state index contributed by atoms with van der Waals surface area (Å²) in [4.78, 5) is 5.97. The molecule has 10 heteroatoms. The molecule has 0 aromatic rings. The van der Waals surface area contributed by atoms with Crippen molar-refractivity contribution in [3.8, 4) is 0 Å². The first-order valence-electron chi connectivity index (χ1n) is 9.21. The lowest BCUT2D eigenvalue weighted by Gasteiger charge is -2.32. The minimum atomic E-state index is -4.13. The Bertz CT molecular complexity index is 573. The van der Waals surface area contributed by atoms with Gasteiger partial charge in [0, 0.05) is 19.1 Å². The zero-order valence-electron chi connectivity index (χ0n) is 15.2. The molecular weight excluding hydrogens is 369 g/mol. The third kappa shape index (κ3) is 7.69. The van der Waals surface area contributed by atoms with Gasteiger partial charge in [-0.2, -0.15) is 13.2 Å². The molecule has 2 fully saturated rings. The Morgan fingerprint density at radius 1 is 1.23 bits per heavy atom. The van der Waals surface area contributed by atoms with Crippen molar-refractivity contribution in [1.29, 1.82) is 0 Å². The Morgan fingerprint density at radius 2 is 1.92 bits per heavy atom. The first kappa shape index (κ1) is 21.3. The average Bonchev–Trinajstić information content (AvgIpc) is 2.86. The molecule has 152 valence electrons. The predicted octanol–water partition coefficient (Wildman–Crippen LogP) is 1.39. The number of alkyl halides is 3. The summed E-state index contributed by atoms with van der Waals surface area (Å²) in [5.41, 5.74) is 0. The standard InChI is InChI=1S/C16H29F3N4O2S/c1-2-20-15(22-14-6-10-26(24,25)11-14)21-7-3-13-4-8-23(9-5-13)12-16(17,18)19/h13-14H,2-12H2,1H3,(H2,20,21,22). The monoisotopic (exact) mass is 398 g/mol. The lowest BCUT2D eigenvalue weighted by Crippen LogP contribution is -2.44. The number of guanidine groups is 1. The fraction of sp³-hybridized carbons (Fsp3) is 0.938. The van der Waals surface area contributed by atoms with Gasteiger partial charge in [0.2, 0.25) is 0 Å². The van der Waals surface area contributed by atoms with Crippen molar-refractivity contribution in [2.75, 3.05) is 44.2 Å². The summed E-state index contributed by atoms with van der Waals surface area (Å²) in [7, 11) is -2.94. The third-order valence-corrected chi connectivity index (χ3v) is 6.60. The molecule has 0 amide bonds. The van der Waals surface area contributed by atoms with Gasteiger partial charge in [-0.15, -0.1) is 0 Å². The molecule has 0 bridgehead atoms. The van der Waals surface area contributed by atoms with E-state index in [1.165, 1.54) is 4.90 Å². The number of hydrogen-bond donors (Lipinski definition) is 2. The van der Waals surface area contributed by atoms with E-state index >= 15 is 0 Å². The fourth-order valence-electron chi connectivity index (χ4n) is 3.47. The number of hydrogen-bond acceptors (Lipinski definition) is 4. The molecule has 0 spiro atoms. The molecule has 0 radical (unpaired) electrons. The van der Waals surface area contributed by atoms with Gasteiger partial charge in [-0.05, 0) is 51.6 Å². The molecule has 2 aliphatic rings. The van der Waals surface area contributed by atoms with Crippen LogP contribution in [0.1, 0.15) is 32.6 Å². The van der Waals surface area contributed by atoms with E-state index in [-0.39, 0.29) is 17.5 Å². The Morgan fingerprint density at radius 3 is 2.46 bits per heavy atom. The molecule has 1 unspecified atom stereocenters. The number of aliphatic imine (C=N–C) groups is 1. The van der Waals surface area contributed by atoms with Gasteiger partial charge in [0.05, 0.1) is 18.1 Å². The van der Waals surface area contributed by atoms with Crippen LogP contribution in [0.2, 0.25) is 0 Å². The van der Waals surface area contributed by atoms with Gasteiger partial charge in [0.15, 0.2) is 15.8 Å². The summed E-state index contributed by atoms with van der Waals surface area (Å²) >= 11 is 0. The van der Waals surface area contributed by atoms with Crippen LogP contribution in [0.4, 0.5) is 13.2 Å². The lowest BCUT2D eigenvalue weighted by atomic mass is 9.93. The smallest absolute Gasteiger partial charge is 0.357 e. The SMILES string of the molecule is CCNC(=NCCC1CCN(CC(F)(F)F)CC1)NC1CCS(=O)(=O)C1. The largest absolute Gasteiger partial charge is 0.401 e. The molecule has 2 N–H and O–H groups in total. The van der Waals surface area contributed by atoms with Crippen molar-refractivity contribution in [3.05, 3.63) is 0 Å². The number of nitrogens with one attached hydrogen (secondary N) is 2. The van der Waals surface area contributed by atoms with Gasteiger partial charge in [-0.3, -0.25) is 9.89 Å². The van der Waals surface area contributed by atoms with Crippen LogP contribution in [0.25, 0.3) is 0 Å². The minimum Gasteiger partial charge on any atom is -0.357 e. The number of rotatable bonds is 6. The molecule has 6 nitrogen and oxygen atoms in total. The van der Waals surface area contributed by atoms with Crippen LogP contribution >= 0.6 is 0 Å². The van der Waals surface area contributed by atoms with Crippen LogP contribution in [0.15, 0.2) is 4.99 Å². The number of nitrogens with zero attached hydrogens (tertiary/aromatic N) is 2. The highest BCUT2D eigenvalue weighted by molar-refractivity contribution is 7.91. The van der Waals surface area contributed by atoms with Crippen molar-refractivity contribution in [1.82, 2.24) is 15.5 Å². The summed E-state index contributed by atoms with van der Waals surface area (Å²) < 4.78 is 60.3. The Labute approximate surface area is 153 Å². The molecule has 2 heterocycles. The van der Waals surface area contributed by atoms with E-state index < -0.39 is 22.6 Å². The third-order valence-electron chi connectivity index (χ3n) is 4.83. The van der Waals surface area contributed by atoms with E-state index in [2.05, 4.69) is 15.6 Å². The highest BCUT2D eigenvalue weighted by Crippen LogP contribution is 2.24. The maximum Gasteiger partial charge on any atom is 0.401 e. The topological polar surface area (TPSA) is 73.8 Å². The Balaban J connectivity index is 1.73. The fourth-order valence-corrected chi connectivity index (χ4v) is 5.14. The van der Waals surface area contributed by atoms with Crippen LogP contribution in [0.5, 0.6) is 0 Å². The van der Waals surface area contributed by atoms with Crippen LogP contribution < -0.4 is 10.6 Å². The summed E-state index contributed by atoms with van der Waals surface area (Å²) in [6.45, 7) is 3.34. The normalized spacial score (nSPS) is 25.4. The van der Waals surface area contributed by atoms with Crippen molar-refractivity contribution in [3.63, 3.8) is 0 Å². The predicted molar refractivity (Wildman–Crippen MR) is 96.0 cm³/mol. The molecule has 0 aromatic heterocycles. The first-order chi connectivity index (χ1) is 12.2. The van der Waals surface area contributed by atoms with Gasteiger partial charge < -0.3 is 10.6 Å². The van der Waals surface area contributed by atoms with E-state index in [1.54, 1.807) is 0 Å². The first-order valence-corrected chi connectivity index (χ1v) is 11.0. The van der Waals surface area contributed by atoms with E-state index in [0.717, 1.165) is 19.3 Å². The maximum atomic E-state index is 12.4. The van der Waals surface area contributed by atoms with Crippen LogP contribution in [-0.4, -0.2) is 75.7 Å². The van der Waals surface area contributed by atoms with Gasteiger partial charge >= 0.3 is 6.18 Å². The van der Waals surface area contributed by atoms with E-state index in [9.17, 15) is 21.6 Å². The quantitative estimate of drug-likeness (QED) is 0.523. The molecule has 26 heavy (non-hydrogen) atoms. The summed E-state index contributed by atoms with van der Waals surface area (Å²) in [6.07, 6.45) is -1.19. The van der Waals surface area contributed by atoms with Crippen molar-refractivity contribution in [2.24, 2.45) is 10.9 Å². The molecular formula is C16H29F3N4O2S. The van der Waals surface area contributed by atoms with Crippen molar-refractivity contribution >= 4 is 15.8 Å². The molecule has 1 atom stereocenters. The second-order valence-corrected chi connectivity index (χ2v) is 9.36. The second-order valence-electron chi connectivity index (χ2n) is 7.13. The number of piperidine rings is 1. The van der Waals surface area contributed by atoms with E-state index in [1.807, 2.05) is 6.92 Å². The van der Waals surface area contributed by atoms with Gasteiger partial charge in [-0.1, -0.05) is 0 Å². The molecule has 0 aliphatic carbocycles. The second kappa shape index (κ2) is 9.25. The zero-order valence-corrected chi connectivity index (χ0v) is 16.0. The van der Waals surface area contributed by atoms with Crippen LogP contribution in [-0.2, 0) is 9.84 Å². The van der Waals surface area contributed by atoms with E-state index in [4.69, 9.17) is 0 Å². The number of halogens is 3. The van der Waals surface area contributed by atoms with E-state index in [0.29, 0.717) is 44.5 Å². The highest BCUT2D eigenvalue weighted by Gasteiger charge is 2.32. The summed E-state index contributed by atoms with van der Waals surface area (Å²) in [5, 5.41) is 6.29. The van der Waals surface area contributed by atoms with Crippen molar-refractivity contribution < 1.29 is 21.6 Å². The number of sulfone groups is 1. The average molecular weight is 398 g/mol. The lowest BCUT2D eigenvalue weighted by molar-refractivity contribution is -0.148. The summed E-state index contributed by atoms with van der Waals surface area (Å²) in [5.74, 6) is 1.34. The zero-order chi connectivity index (χ0) is 19.2. The van der Waals surface area contributed by atoms with Gasteiger partial charge in [-0.25, -0.2) is 8.42 Å². The maximum absolute atomic E-state index is 12.4. The molecule has 0 aromatic carbocycles. The Hall–Kier alpha value is -1.03. The molecule has 2 rings (SSSR count). The molecule has 2 aliphatic heterocycles. The van der Waals surface area contributed by atoms with Crippen LogP contribution in [0.3, 0.4) is 0 Å². The van der Waals surface area contributed by atoms with Gasteiger partial charge in [0.25, 0.3) is 0 Å². The Kier molecular flexibility index (Phi) is 7.57. The molecule has 2 saturated heterocycles.